The molecule has 2 heterocycles. The van der Waals surface area contributed by atoms with E-state index in [4.69, 9.17) is 4.74 Å². The number of halogens is 3. The Balaban J connectivity index is 1.65. The summed E-state index contributed by atoms with van der Waals surface area (Å²) in [4.78, 5) is 31.3. The van der Waals surface area contributed by atoms with Crippen molar-refractivity contribution in [1.82, 2.24) is 19.1 Å². The molecular weight excluding hydrogens is 457 g/mol. The number of benzene rings is 2. The Morgan fingerprint density at radius 3 is 2.41 bits per heavy atom. The first-order chi connectivity index (χ1) is 16.0. The highest BCUT2D eigenvalue weighted by Gasteiger charge is 2.31. The summed E-state index contributed by atoms with van der Waals surface area (Å²) in [5.41, 5.74) is -0.394. The van der Waals surface area contributed by atoms with E-state index in [1.165, 1.54) is 28.2 Å². The fourth-order valence-electron chi connectivity index (χ4n) is 3.48. The van der Waals surface area contributed by atoms with E-state index in [0.29, 0.717) is 17.1 Å². The fourth-order valence-corrected chi connectivity index (χ4v) is 3.48. The number of aromatic amines is 1. The number of hydrogen-bond donors (Lipinski definition) is 2. The zero-order valence-electron chi connectivity index (χ0n) is 18.0. The van der Waals surface area contributed by atoms with Gasteiger partial charge in [-0.3, -0.25) is 14.3 Å². The summed E-state index contributed by atoms with van der Waals surface area (Å²) < 4.78 is 49.5. The van der Waals surface area contributed by atoms with Crippen LogP contribution in [0.5, 0.6) is 17.2 Å². The van der Waals surface area contributed by atoms with Crippen molar-refractivity contribution in [2.45, 2.75) is 25.9 Å². The first kappa shape index (κ1) is 23.1. The minimum absolute atomic E-state index is 0.0491. The molecule has 2 N–H and O–H groups in total. The largest absolute Gasteiger partial charge is 0.573 e. The molecule has 0 fully saturated rings. The van der Waals surface area contributed by atoms with Gasteiger partial charge in [0.25, 0.3) is 5.56 Å². The van der Waals surface area contributed by atoms with Gasteiger partial charge in [0.2, 0.25) is 0 Å². The van der Waals surface area contributed by atoms with Crippen molar-refractivity contribution < 1.29 is 27.8 Å². The van der Waals surface area contributed by atoms with Crippen LogP contribution < -0.4 is 20.7 Å². The van der Waals surface area contributed by atoms with E-state index in [1.54, 1.807) is 31.3 Å². The minimum atomic E-state index is -4.81. The molecule has 0 spiro atoms. The molecule has 1 unspecified atom stereocenters. The minimum Gasteiger partial charge on any atom is -0.457 e. The number of aliphatic hydroxyl groups is 1. The summed E-state index contributed by atoms with van der Waals surface area (Å²) in [6.45, 7) is 1.46. The lowest BCUT2D eigenvalue weighted by atomic mass is 10.2. The molecule has 2 aromatic carbocycles. The highest BCUT2D eigenvalue weighted by molar-refractivity contribution is 5.76. The lowest BCUT2D eigenvalue weighted by Gasteiger charge is -2.11. The van der Waals surface area contributed by atoms with E-state index in [-0.39, 0.29) is 23.5 Å². The van der Waals surface area contributed by atoms with Crippen LogP contribution in [0.25, 0.3) is 22.6 Å². The predicted octanol–water partition coefficient (Wildman–Crippen LogP) is 3.16. The summed E-state index contributed by atoms with van der Waals surface area (Å²) in [6, 6.07) is 11.6. The molecule has 1 atom stereocenters. The SMILES string of the molecule is CC(O)Cn1c(=O)[nH]c(=O)c2c1nc(-c1ccc(Oc3cccc(OC(F)(F)F)c3)cc1)n2C. The Hall–Kier alpha value is -4.06. The number of nitrogens with zero attached hydrogens (tertiary/aromatic N) is 3. The van der Waals surface area contributed by atoms with Gasteiger partial charge in [0.15, 0.2) is 11.2 Å². The summed E-state index contributed by atoms with van der Waals surface area (Å²) in [6.07, 6.45) is -5.65. The average Bonchev–Trinajstić information content (AvgIpc) is 3.08. The summed E-state index contributed by atoms with van der Waals surface area (Å²) in [5.74, 6) is 0.466. The fraction of sp³-hybridized carbons (Fsp3) is 0.227. The van der Waals surface area contributed by atoms with Gasteiger partial charge in [-0.15, -0.1) is 13.2 Å². The zero-order chi connectivity index (χ0) is 24.6. The Labute approximate surface area is 189 Å². The third-order valence-corrected chi connectivity index (χ3v) is 4.85. The molecule has 34 heavy (non-hydrogen) atoms. The maximum absolute atomic E-state index is 12.4. The number of hydrogen-bond acceptors (Lipinski definition) is 6. The van der Waals surface area contributed by atoms with Gasteiger partial charge in [0.1, 0.15) is 23.1 Å². The van der Waals surface area contributed by atoms with Crippen LogP contribution in [0.4, 0.5) is 13.2 Å². The van der Waals surface area contributed by atoms with Gasteiger partial charge in [0, 0.05) is 18.7 Å². The van der Waals surface area contributed by atoms with Gasteiger partial charge in [-0.1, -0.05) is 6.07 Å². The van der Waals surface area contributed by atoms with Crippen LogP contribution in [-0.4, -0.2) is 36.7 Å². The van der Waals surface area contributed by atoms with Gasteiger partial charge in [-0.25, -0.2) is 9.78 Å². The number of H-pyrrole nitrogens is 1. The Kier molecular flexibility index (Phi) is 5.92. The molecule has 4 aromatic rings. The van der Waals surface area contributed by atoms with Gasteiger partial charge in [0.05, 0.1) is 12.6 Å². The Bertz CT molecular complexity index is 1450. The number of nitrogens with one attached hydrogen (secondary N) is 1. The monoisotopic (exact) mass is 476 g/mol. The van der Waals surface area contributed by atoms with E-state index in [1.807, 2.05) is 0 Å². The van der Waals surface area contributed by atoms with Crippen LogP contribution in [0.3, 0.4) is 0 Å². The molecule has 0 radical (unpaired) electrons. The number of fused-ring (bicyclic) bond motifs is 1. The molecule has 12 heteroatoms. The molecule has 178 valence electrons. The van der Waals surface area contributed by atoms with Crippen molar-refractivity contribution >= 4 is 11.2 Å². The third-order valence-electron chi connectivity index (χ3n) is 4.85. The van der Waals surface area contributed by atoms with Crippen molar-refractivity contribution in [3.05, 3.63) is 69.4 Å². The maximum Gasteiger partial charge on any atom is 0.573 e. The van der Waals surface area contributed by atoms with E-state index in [2.05, 4.69) is 14.7 Å². The van der Waals surface area contributed by atoms with Gasteiger partial charge in [-0.05, 0) is 43.3 Å². The lowest BCUT2D eigenvalue weighted by Crippen LogP contribution is -2.33. The van der Waals surface area contributed by atoms with Crippen LogP contribution in [0.15, 0.2) is 58.1 Å². The van der Waals surface area contributed by atoms with Crippen molar-refractivity contribution in [3.63, 3.8) is 0 Å². The molecule has 0 bridgehead atoms. The number of aryl methyl sites for hydroxylation is 1. The summed E-state index contributed by atoms with van der Waals surface area (Å²) in [7, 11) is 1.62. The van der Waals surface area contributed by atoms with Gasteiger partial charge in [-0.2, -0.15) is 0 Å². The molecule has 0 amide bonds. The predicted molar refractivity (Wildman–Crippen MR) is 116 cm³/mol. The van der Waals surface area contributed by atoms with Crippen molar-refractivity contribution in [2.75, 3.05) is 0 Å². The number of rotatable bonds is 6. The lowest BCUT2D eigenvalue weighted by molar-refractivity contribution is -0.274. The van der Waals surface area contributed by atoms with Gasteiger partial charge >= 0.3 is 12.1 Å². The smallest absolute Gasteiger partial charge is 0.457 e. The van der Waals surface area contributed by atoms with Crippen LogP contribution in [0, 0.1) is 0 Å². The van der Waals surface area contributed by atoms with E-state index in [9.17, 15) is 27.9 Å². The molecule has 4 rings (SSSR count). The topological polar surface area (TPSA) is 111 Å². The molecular formula is C22H19F3N4O5. The quantitative estimate of drug-likeness (QED) is 0.442. The number of aliphatic hydroxyl groups excluding tert-OH is 1. The molecule has 2 aromatic heterocycles. The average molecular weight is 476 g/mol. The van der Waals surface area contributed by atoms with Crippen molar-refractivity contribution in [1.29, 1.82) is 0 Å². The highest BCUT2D eigenvalue weighted by Crippen LogP contribution is 2.30. The second-order valence-electron chi connectivity index (χ2n) is 7.53. The van der Waals surface area contributed by atoms with E-state index < -0.39 is 29.5 Å². The normalized spacial score (nSPS) is 12.6. The molecule has 0 aliphatic rings. The highest BCUT2D eigenvalue weighted by atomic mass is 19.4. The molecule has 0 saturated carbocycles. The number of alkyl halides is 3. The van der Waals surface area contributed by atoms with Gasteiger partial charge < -0.3 is 19.1 Å². The Morgan fingerprint density at radius 1 is 1.09 bits per heavy atom. The first-order valence-corrected chi connectivity index (χ1v) is 10.0. The number of ether oxygens (including phenoxy) is 2. The molecule has 0 aliphatic carbocycles. The Morgan fingerprint density at radius 2 is 1.76 bits per heavy atom. The van der Waals surface area contributed by atoms with Crippen molar-refractivity contribution in [3.8, 4) is 28.6 Å². The first-order valence-electron chi connectivity index (χ1n) is 10.0. The maximum atomic E-state index is 12.4. The van der Waals surface area contributed by atoms with Crippen LogP contribution in [0.1, 0.15) is 6.92 Å². The van der Waals surface area contributed by atoms with E-state index >= 15 is 0 Å². The number of aromatic nitrogens is 4. The third kappa shape index (κ3) is 4.81. The van der Waals surface area contributed by atoms with Crippen LogP contribution in [0.2, 0.25) is 0 Å². The molecule has 0 aliphatic heterocycles. The van der Waals surface area contributed by atoms with Crippen LogP contribution in [-0.2, 0) is 13.6 Å². The number of imidazole rings is 1. The van der Waals surface area contributed by atoms with Crippen molar-refractivity contribution in [2.24, 2.45) is 7.05 Å². The summed E-state index contributed by atoms with van der Waals surface area (Å²) in [5, 5.41) is 9.71. The standard InChI is InChI=1S/C22H19F3N4O5/c1-12(30)11-29-19-17(20(31)27-21(29)32)28(2)18(26-19)13-6-8-14(9-7-13)33-15-4-3-5-16(10-15)34-22(23,24)25/h3-10,12,30H,11H2,1-2H3,(H,27,31,32). The van der Waals surface area contributed by atoms with Crippen LogP contribution >= 0.6 is 0 Å². The second kappa shape index (κ2) is 8.71. The van der Waals surface area contributed by atoms with E-state index in [0.717, 1.165) is 12.1 Å². The zero-order valence-corrected chi connectivity index (χ0v) is 18.0. The summed E-state index contributed by atoms with van der Waals surface area (Å²) >= 11 is 0. The molecule has 0 saturated heterocycles. The molecule has 9 nitrogen and oxygen atoms in total. The second-order valence-corrected chi connectivity index (χ2v) is 7.53.